The average molecular weight is 369 g/mol. The van der Waals surface area contributed by atoms with Crippen LogP contribution in [0.25, 0.3) is 11.0 Å². The summed E-state index contributed by atoms with van der Waals surface area (Å²) >= 11 is 5.82. The Morgan fingerprint density at radius 1 is 1.23 bits per heavy atom. The lowest BCUT2D eigenvalue weighted by Crippen LogP contribution is -2.29. The number of benzene rings is 2. The van der Waals surface area contributed by atoms with Gasteiger partial charge in [-0.1, -0.05) is 40.7 Å². The first-order chi connectivity index (χ1) is 12.6. The maximum atomic E-state index is 12.6. The van der Waals surface area contributed by atoms with Crippen molar-refractivity contribution in [2.75, 3.05) is 6.61 Å². The highest BCUT2D eigenvalue weighted by atomic mass is 35.5. The van der Waals surface area contributed by atoms with E-state index in [1.165, 1.54) is 6.07 Å². The van der Waals surface area contributed by atoms with Crippen LogP contribution < -0.4 is 10.7 Å². The third-order valence-corrected chi connectivity index (χ3v) is 3.82. The molecule has 3 rings (SSSR count). The van der Waals surface area contributed by atoms with Crippen LogP contribution in [0.2, 0.25) is 5.02 Å². The number of halogens is 1. The fourth-order valence-corrected chi connectivity index (χ4v) is 2.41. The number of nitrogens with zero attached hydrogens (tertiary/aromatic N) is 1. The van der Waals surface area contributed by atoms with Crippen LogP contribution in [0.5, 0.6) is 0 Å². The van der Waals surface area contributed by atoms with Gasteiger partial charge in [0.2, 0.25) is 11.1 Å². The van der Waals surface area contributed by atoms with Crippen molar-refractivity contribution < 1.29 is 14.4 Å². The second kappa shape index (κ2) is 7.83. The molecule has 2 N–H and O–H groups in total. The molecule has 6 nitrogen and oxygen atoms in total. The van der Waals surface area contributed by atoms with Crippen LogP contribution in [0, 0.1) is 11.8 Å². The normalized spacial score (nSPS) is 10.2. The molecule has 0 spiro atoms. The van der Waals surface area contributed by atoms with E-state index in [1.54, 1.807) is 36.4 Å². The molecule has 0 atom stereocenters. The SMILES string of the molecule is O=C(NCc1ccc(Cl)cc1)c1noc2ccc(C#CCO)cc2c1=O. The summed E-state index contributed by atoms with van der Waals surface area (Å²) in [7, 11) is 0. The van der Waals surface area contributed by atoms with Crippen molar-refractivity contribution in [1.29, 1.82) is 0 Å². The van der Waals surface area contributed by atoms with Crippen molar-refractivity contribution in [3.05, 3.63) is 74.5 Å². The summed E-state index contributed by atoms with van der Waals surface area (Å²) < 4.78 is 5.15. The Morgan fingerprint density at radius 2 is 2.00 bits per heavy atom. The molecule has 0 fully saturated rings. The van der Waals surface area contributed by atoms with Gasteiger partial charge in [-0.05, 0) is 35.9 Å². The molecule has 7 heteroatoms. The number of rotatable bonds is 3. The van der Waals surface area contributed by atoms with Gasteiger partial charge < -0.3 is 14.9 Å². The Morgan fingerprint density at radius 3 is 2.73 bits per heavy atom. The Bertz CT molecular complexity index is 1080. The molecule has 0 saturated carbocycles. The van der Waals surface area contributed by atoms with Gasteiger partial charge in [-0.15, -0.1) is 0 Å². The van der Waals surface area contributed by atoms with E-state index >= 15 is 0 Å². The number of aromatic nitrogens is 1. The highest BCUT2D eigenvalue weighted by Gasteiger charge is 2.16. The van der Waals surface area contributed by atoms with E-state index in [-0.39, 0.29) is 29.8 Å². The summed E-state index contributed by atoms with van der Waals surface area (Å²) in [4.78, 5) is 24.8. The van der Waals surface area contributed by atoms with Crippen molar-refractivity contribution >= 4 is 28.5 Å². The van der Waals surface area contributed by atoms with Crippen LogP contribution in [0.3, 0.4) is 0 Å². The third kappa shape index (κ3) is 3.91. The molecule has 26 heavy (non-hydrogen) atoms. The second-order valence-electron chi connectivity index (χ2n) is 5.34. The van der Waals surface area contributed by atoms with Gasteiger partial charge in [-0.3, -0.25) is 9.59 Å². The van der Waals surface area contributed by atoms with Crippen LogP contribution in [-0.2, 0) is 6.54 Å². The van der Waals surface area contributed by atoms with Crippen LogP contribution in [0.4, 0.5) is 0 Å². The molecule has 3 aromatic rings. The summed E-state index contributed by atoms with van der Waals surface area (Å²) in [6, 6.07) is 11.6. The first kappa shape index (κ1) is 17.7. The van der Waals surface area contributed by atoms with Crippen molar-refractivity contribution in [1.82, 2.24) is 10.5 Å². The first-order valence-corrected chi connectivity index (χ1v) is 8.02. The molecule has 0 radical (unpaired) electrons. The molecule has 0 saturated heterocycles. The summed E-state index contributed by atoms with van der Waals surface area (Å²) in [5.41, 5.74) is 0.720. The Hall–Kier alpha value is -3.14. The third-order valence-electron chi connectivity index (χ3n) is 3.57. The number of amides is 1. The molecule has 1 amide bonds. The number of hydrogen-bond acceptors (Lipinski definition) is 5. The predicted molar refractivity (Wildman–Crippen MR) is 96.9 cm³/mol. The zero-order valence-corrected chi connectivity index (χ0v) is 14.2. The Kier molecular flexibility index (Phi) is 5.32. The van der Waals surface area contributed by atoms with Gasteiger partial charge in [0.15, 0.2) is 5.58 Å². The molecule has 0 aliphatic carbocycles. The number of aliphatic hydroxyl groups is 1. The molecule has 0 aliphatic heterocycles. The summed E-state index contributed by atoms with van der Waals surface area (Å²) in [6.45, 7) is -0.0709. The highest BCUT2D eigenvalue weighted by Crippen LogP contribution is 2.12. The van der Waals surface area contributed by atoms with E-state index in [0.29, 0.717) is 10.6 Å². The molecular weight excluding hydrogens is 356 g/mol. The lowest BCUT2D eigenvalue weighted by atomic mass is 10.1. The summed E-state index contributed by atoms with van der Waals surface area (Å²) in [5.74, 6) is 4.56. The first-order valence-electron chi connectivity index (χ1n) is 7.64. The topological polar surface area (TPSA) is 92.4 Å². The van der Waals surface area contributed by atoms with Crippen LogP contribution in [0.1, 0.15) is 21.6 Å². The van der Waals surface area contributed by atoms with E-state index < -0.39 is 11.3 Å². The molecule has 0 unspecified atom stereocenters. The van der Waals surface area contributed by atoms with Gasteiger partial charge >= 0.3 is 0 Å². The summed E-state index contributed by atoms with van der Waals surface area (Å²) in [6.07, 6.45) is 0. The monoisotopic (exact) mass is 368 g/mol. The van der Waals surface area contributed by atoms with Gasteiger partial charge in [0, 0.05) is 17.1 Å². The van der Waals surface area contributed by atoms with Gasteiger partial charge in [0.05, 0.1) is 5.39 Å². The minimum Gasteiger partial charge on any atom is -0.384 e. The lowest BCUT2D eigenvalue weighted by molar-refractivity contribution is 0.0938. The number of aliphatic hydroxyl groups excluding tert-OH is 1. The van der Waals surface area contributed by atoms with E-state index in [1.807, 2.05) is 0 Å². The molecule has 0 aliphatic rings. The number of carbonyl (C=O) groups excluding carboxylic acids is 1. The smallest absolute Gasteiger partial charge is 0.277 e. The number of carbonyl (C=O) groups is 1. The maximum absolute atomic E-state index is 12.6. The van der Waals surface area contributed by atoms with Gasteiger partial charge in [0.25, 0.3) is 5.91 Å². The van der Waals surface area contributed by atoms with Crippen LogP contribution in [-0.4, -0.2) is 22.8 Å². The predicted octanol–water partition coefficient (Wildman–Crippen LogP) is 2.12. The van der Waals surface area contributed by atoms with Crippen molar-refractivity contribution in [2.24, 2.45) is 0 Å². The average Bonchev–Trinajstić information content (AvgIpc) is 2.66. The number of nitrogens with one attached hydrogen (secondary N) is 1. The van der Waals surface area contributed by atoms with Crippen molar-refractivity contribution in [3.8, 4) is 11.8 Å². The van der Waals surface area contributed by atoms with E-state index in [4.69, 9.17) is 21.2 Å². The van der Waals surface area contributed by atoms with E-state index in [9.17, 15) is 9.59 Å². The van der Waals surface area contributed by atoms with E-state index in [0.717, 1.165) is 5.56 Å². The molecule has 2 aromatic carbocycles. The quantitative estimate of drug-likeness (QED) is 0.691. The minimum absolute atomic E-state index is 0.196. The van der Waals surface area contributed by atoms with Crippen molar-refractivity contribution in [2.45, 2.75) is 6.54 Å². The minimum atomic E-state index is -0.637. The highest BCUT2D eigenvalue weighted by molar-refractivity contribution is 6.30. The van der Waals surface area contributed by atoms with Gasteiger partial charge in [-0.2, -0.15) is 0 Å². The molecule has 1 heterocycles. The van der Waals surface area contributed by atoms with Gasteiger partial charge in [-0.25, -0.2) is 0 Å². The van der Waals surface area contributed by atoms with Crippen LogP contribution in [0.15, 0.2) is 51.8 Å². The zero-order valence-electron chi connectivity index (χ0n) is 13.5. The molecule has 1 aromatic heterocycles. The molecular formula is C19H13ClN2O4. The van der Waals surface area contributed by atoms with Crippen molar-refractivity contribution in [3.63, 3.8) is 0 Å². The maximum Gasteiger partial charge on any atom is 0.277 e. The molecule has 0 bridgehead atoms. The fourth-order valence-electron chi connectivity index (χ4n) is 2.28. The Balaban J connectivity index is 1.86. The van der Waals surface area contributed by atoms with E-state index in [2.05, 4.69) is 22.3 Å². The van der Waals surface area contributed by atoms with Gasteiger partial charge in [0.1, 0.15) is 6.61 Å². The lowest BCUT2D eigenvalue weighted by Gasteiger charge is -2.05. The number of fused-ring (bicyclic) bond motifs is 1. The largest absolute Gasteiger partial charge is 0.384 e. The Labute approximate surface area is 153 Å². The molecule has 130 valence electrons. The standard InChI is InChI=1S/C19H13ClN2O4/c20-14-6-3-13(4-7-14)11-21-19(25)17-18(24)15-10-12(2-1-9-23)5-8-16(15)26-22-17/h3-8,10,23H,9,11H2,(H,21,25). The second-order valence-corrected chi connectivity index (χ2v) is 5.78. The fraction of sp³-hybridized carbons (Fsp3) is 0.105. The zero-order chi connectivity index (χ0) is 18.5. The summed E-state index contributed by atoms with van der Waals surface area (Å²) in [5, 5.41) is 15.8. The van der Waals surface area contributed by atoms with Crippen LogP contribution >= 0.6 is 11.6 Å². The number of hydrogen-bond donors (Lipinski definition) is 2.